The second-order valence-electron chi connectivity index (χ2n) is 14.3. The molecule has 0 radical (unpaired) electrons. The highest BCUT2D eigenvalue weighted by Gasteiger charge is 2.49. The minimum atomic E-state index is -4.45. The summed E-state index contributed by atoms with van der Waals surface area (Å²) in [5.74, 6) is -1.17. The zero-order chi connectivity index (χ0) is 43.0. The normalized spacial score (nSPS) is 19.4. The molecule has 16 heteroatoms. The van der Waals surface area contributed by atoms with Crippen molar-refractivity contribution in [2.75, 3.05) is 13.2 Å². The summed E-state index contributed by atoms with van der Waals surface area (Å²) in [5, 5.41) is 16.9. The summed E-state index contributed by atoms with van der Waals surface area (Å²) >= 11 is 0. The number of rotatable bonds is 21. The zero-order valence-corrected chi connectivity index (χ0v) is 34.2. The Morgan fingerprint density at radius 1 is 0.705 bits per heavy atom. The van der Waals surface area contributed by atoms with Crippen LogP contribution in [0.2, 0.25) is 0 Å². The van der Waals surface area contributed by atoms with E-state index in [1.54, 1.807) is 24.3 Å². The molecule has 0 aliphatic carbocycles. The molecule has 6 rings (SSSR count). The Morgan fingerprint density at radius 2 is 1.21 bits per heavy atom. The van der Waals surface area contributed by atoms with Gasteiger partial charge >= 0.3 is 0 Å². The van der Waals surface area contributed by atoms with Crippen LogP contribution < -0.4 is 15.4 Å². The number of amides is 2. The second-order valence-corrected chi connectivity index (χ2v) is 16.0. The molecule has 1 fully saturated rings. The molecule has 3 N–H and O–H groups in total. The fourth-order valence-corrected chi connectivity index (χ4v) is 7.81. The molecule has 6 atom stereocenters. The average molecular weight is 853 g/mol. The van der Waals surface area contributed by atoms with Gasteiger partial charge in [-0.3, -0.25) is 19.7 Å². The van der Waals surface area contributed by atoms with Crippen LogP contribution in [0.5, 0.6) is 0 Å². The smallest absolute Gasteiger partial charge is 0.269 e. The van der Waals surface area contributed by atoms with Crippen LogP contribution in [0.15, 0.2) is 150 Å². The maximum absolute atomic E-state index is 13.9. The largest absolute Gasteiger partial charge is 0.374 e. The maximum Gasteiger partial charge on any atom is 0.269 e. The van der Waals surface area contributed by atoms with E-state index in [0.717, 1.165) is 46.5 Å². The van der Waals surface area contributed by atoms with Gasteiger partial charge in [-0.2, -0.15) is 4.72 Å². The van der Waals surface area contributed by atoms with Crippen molar-refractivity contribution in [2.45, 2.75) is 74.9 Å². The van der Waals surface area contributed by atoms with E-state index >= 15 is 0 Å². The number of sulfonamides is 1. The van der Waals surface area contributed by atoms with Gasteiger partial charge in [0.1, 0.15) is 30.4 Å². The molecule has 5 aromatic carbocycles. The van der Waals surface area contributed by atoms with Gasteiger partial charge in [0.15, 0.2) is 6.29 Å². The fraction of sp³-hybridized carbons (Fsp3) is 0.289. The number of hydrogen-bond acceptors (Lipinski definition) is 11. The molecule has 0 bridgehead atoms. The van der Waals surface area contributed by atoms with Gasteiger partial charge in [-0.05, 0) is 34.4 Å². The summed E-state index contributed by atoms with van der Waals surface area (Å²) < 4.78 is 62.1. The first-order valence-electron chi connectivity index (χ1n) is 19.6. The molecule has 15 nitrogen and oxygen atoms in total. The molecule has 1 saturated heterocycles. The van der Waals surface area contributed by atoms with Gasteiger partial charge in [-0.25, -0.2) is 8.42 Å². The van der Waals surface area contributed by atoms with E-state index in [9.17, 15) is 28.1 Å². The highest BCUT2D eigenvalue weighted by molar-refractivity contribution is 7.89. The molecule has 0 saturated carbocycles. The molecule has 0 unspecified atom stereocenters. The number of hydrogen-bond donors (Lipinski definition) is 3. The van der Waals surface area contributed by atoms with Crippen LogP contribution in [0.1, 0.15) is 29.2 Å². The van der Waals surface area contributed by atoms with Crippen molar-refractivity contribution in [1.82, 2.24) is 15.4 Å². The Morgan fingerprint density at radius 3 is 1.74 bits per heavy atom. The van der Waals surface area contributed by atoms with Gasteiger partial charge in [-0.1, -0.05) is 121 Å². The minimum absolute atomic E-state index is 0.0000372. The van der Waals surface area contributed by atoms with Crippen LogP contribution in [-0.2, 0) is 69.7 Å². The predicted molar refractivity (Wildman–Crippen MR) is 224 cm³/mol. The molecular weight excluding hydrogens is 805 g/mol. The van der Waals surface area contributed by atoms with Crippen LogP contribution in [-0.4, -0.2) is 75.1 Å². The van der Waals surface area contributed by atoms with E-state index in [1.165, 1.54) is 6.92 Å². The number of ether oxygens (including phenoxy) is 5. The summed E-state index contributed by atoms with van der Waals surface area (Å²) in [7, 11) is -4.45. The number of carbonyl (C=O) groups is 2. The van der Waals surface area contributed by atoms with Crippen LogP contribution >= 0.6 is 0 Å². The number of carbonyl (C=O) groups excluding carboxylic acids is 2. The highest BCUT2D eigenvalue weighted by Crippen LogP contribution is 2.30. The Hall–Kier alpha value is -5.85. The lowest BCUT2D eigenvalue weighted by Crippen LogP contribution is -2.66. The molecule has 320 valence electrons. The van der Waals surface area contributed by atoms with E-state index < -0.39 is 70.1 Å². The molecule has 1 aliphatic heterocycles. The summed E-state index contributed by atoms with van der Waals surface area (Å²) in [4.78, 5) is 37.1. The summed E-state index contributed by atoms with van der Waals surface area (Å²) in [5.41, 5.74) is 3.10. The third kappa shape index (κ3) is 13.3. The quantitative estimate of drug-likeness (QED) is 0.0650. The molecule has 0 aromatic heterocycles. The van der Waals surface area contributed by atoms with Crippen molar-refractivity contribution in [3.8, 4) is 0 Å². The lowest BCUT2D eigenvalue weighted by Gasteiger charge is -2.46. The van der Waals surface area contributed by atoms with Gasteiger partial charge in [0.05, 0.1) is 42.9 Å². The standard InChI is InChI=1S/C45H48N4O11S/c1-32(50)47-41-43(58-29-36-20-12-5-13-21-36)42(57-28-35-18-10-4-11-19-35)40(31-56-27-34-16-8-3-9-17-34)60-45(41)59-30-39(44(51)46-26-33-14-6-2-7-15-33)48-61(54,55)38-24-22-37(23-25-38)49(52)53/h2-25,39-43,45,48H,26-31H2,1H3,(H,46,51)(H,47,50)/t39-,40+,41+,42+,43+,45-/m0/s1. The second kappa shape index (κ2) is 22.1. The molecule has 61 heavy (non-hydrogen) atoms. The minimum Gasteiger partial charge on any atom is -0.374 e. The van der Waals surface area contributed by atoms with Crippen molar-refractivity contribution in [1.29, 1.82) is 0 Å². The Balaban J connectivity index is 1.30. The van der Waals surface area contributed by atoms with Crippen LogP contribution in [0.4, 0.5) is 5.69 Å². The van der Waals surface area contributed by atoms with Crippen LogP contribution in [0.3, 0.4) is 0 Å². The molecule has 5 aromatic rings. The first-order chi connectivity index (χ1) is 29.6. The average Bonchev–Trinajstić information content (AvgIpc) is 3.27. The monoisotopic (exact) mass is 852 g/mol. The van der Waals surface area contributed by atoms with Gasteiger partial charge in [0.2, 0.25) is 21.8 Å². The van der Waals surface area contributed by atoms with Crippen molar-refractivity contribution in [2.24, 2.45) is 0 Å². The maximum atomic E-state index is 13.9. The van der Waals surface area contributed by atoms with Gasteiger partial charge in [0, 0.05) is 25.6 Å². The van der Waals surface area contributed by atoms with E-state index in [4.69, 9.17) is 23.7 Å². The zero-order valence-electron chi connectivity index (χ0n) is 33.4. The molecule has 1 heterocycles. The summed E-state index contributed by atoms with van der Waals surface area (Å²) in [6.45, 7) is 1.36. The first kappa shape index (κ1) is 44.7. The third-order valence-corrected chi connectivity index (χ3v) is 11.2. The number of nitro benzene ring substituents is 1. The molecule has 1 aliphatic rings. The van der Waals surface area contributed by atoms with E-state index in [-0.39, 0.29) is 43.6 Å². The number of benzene rings is 5. The van der Waals surface area contributed by atoms with Gasteiger partial charge in [-0.15, -0.1) is 0 Å². The van der Waals surface area contributed by atoms with Crippen molar-refractivity contribution in [3.63, 3.8) is 0 Å². The van der Waals surface area contributed by atoms with E-state index in [1.807, 2.05) is 97.1 Å². The number of non-ortho nitro benzene ring substituents is 1. The van der Waals surface area contributed by atoms with Crippen molar-refractivity contribution >= 4 is 27.5 Å². The number of nitro groups is 1. The Kier molecular flexibility index (Phi) is 16.2. The Bertz CT molecular complexity index is 2260. The summed E-state index contributed by atoms with van der Waals surface area (Å²) in [6.07, 6.45) is -3.92. The van der Waals surface area contributed by atoms with Crippen LogP contribution in [0, 0.1) is 10.1 Å². The third-order valence-electron chi connectivity index (χ3n) is 9.69. The predicted octanol–water partition coefficient (Wildman–Crippen LogP) is 5.19. The van der Waals surface area contributed by atoms with E-state index in [2.05, 4.69) is 15.4 Å². The van der Waals surface area contributed by atoms with Gasteiger partial charge in [0.25, 0.3) is 5.69 Å². The lowest BCUT2D eigenvalue weighted by atomic mass is 9.95. The SMILES string of the molecule is CC(=O)N[C@H]1[C@@H](OC[C@H](NS(=O)(=O)c2ccc([N+](=O)[O-])cc2)C(=O)NCc2ccccc2)O[C@H](COCc2ccccc2)[C@@H](OCc2ccccc2)[C@@H]1OCc1ccccc1. The highest BCUT2D eigenvalue weighted by atomic mass is 32.2. The fourth-order valence-electron chi connectivity index (χ4n) is 6.63. The van der Waals surface area contributed by atoms with Gasteiger partial charge < -0.3 is 34.3 Å². The molecule has 2 amide bonds. The van der Waals surface area contributed by atoms with E-state index in [0.29, 0.717) is 0 Å². The Labute approximate surface area is 354 Å². The molecular formula is C45H48N4O11S. The number of nitrogens with one attached hydrogen (secondary N) is 3. The number of nitrogens with zero attached hydrogens (tertiary/aromatic N) is 1. The first-order valence-corrected chi connectivity index (χ1v) is 21.1. The van der Waals surface area contributed by atoms with Crippen molar-refractivity contribution in [3.05, 3.63) is 178 Å². The molecule has 0 spiro atoms. The van der Waals surface area contributed by atoms with Crippen molar-refractivity contribution < 1.29 is 46.6 Å². The van der Waals surface area contributed by atoms with Crippen LogP contribution in [0.25, 0.3) is 0 Å². The summed E-state index contributed by atoms with van der Waals surface area (Å²) in [6, 6.07) is 39.2. The lowest BCUT2D eigenvalue weighted by molar-refractivity contribution is -0.384. The topological polar surface area (TPSA) is 194 Å².